The Morgan fingerprint density at radius 1 is 1.20 bits per heavy atom. The van der Waals surface area contributed by atoms with E-state index < -0.39 is 22.0 Å². The third-order valence-electron chi connectivity index (χ3n) is 5.01. The molecular formula is C22H27FN2O4S. The van der Waals surface area contributed by atoms with Crippen molar-refractivity contribution in [1.29, 1.82) is 0 Å². The lowest BCUT2D eigenvalue weighted by Crippen LogP contribution is -2.50. The van der Waals surface area contributed by atoms with Crippen molar-refractivity contribution in [2.24, 2.45) is 0 Å². The third-order valence-corrected chi connectivity index (χ3v) is 6.16. The summed E-state index contributed by atoms with van der Waals surface area (Å²) in [5.74, 6) is -0.345. The molecule has 0 aliphatic carbocycles. The SMILES string of the molecule is CC(C)(C)c1ccc2c(c1)N(S(C)(=O)=O)C[C@@H](C(=O)NCCc1ccc(F)cc1)O2. The fraction of sp³-hybridized carbons (Fsp3) is 0.409. The van der Waals surface area contributed by atoms with Crippen molar-refractivity contribution in [3.8, 4) is 5.75 Å². The number of fused-ring (bicyclic) bond motifs is 1. The first kappa shape index (κ1) is 22.1. The van der Waals surface area contributed by atoms with Gasteiger partial charge in [0.15, 0.2) is 6.10 Å². The molecule has 1 N–H and O–H groups in total. The number of hydrogen-bond donors (Lipinski definition) is 1. The van der Waals surface area contributed by atoms with Gasteiger partial charge in [-0.2, -0.15) is 0 Å². The van der Waals surface area contributed by atoms with Gasteiger partial charge in [0.05, 0.1) is 18.5 Å². The number of rotatable bonds is 5. The van der Waals surface area contributed by atoms with Gasteiger partial charge < -0.3 is 10.1 Å². The van der Waals surface area contributed by atoms with Crippen molar-refractivity contribution in [2.45, 2.75) is 38.7 Å². The first-order chi connectivity index (χ1) is 13.9. The number of ether oxygens (including phenoxy) is 1. The van der Waals surface area contributed by atoms with E-state index in [1.165, 1.54) is 16.4 Å². The van der Waals surface area contributed by atoms with Gasteiger partial charge in [0.1, 0.15) is 11.6 Å². The summed E-state index contributed by atoms with van der Waals surface area (Å²) < 4.78 is 44.9. The number of amides is 1. The molecule has 0 fully saturated rings. The first-order valence-electron chi connectivity index (χ1n) is 9.76. The highest BCUT2D eigenvalue weighted by Crippen LogP contribution is 2.38. The van der Waals surface area contributed by atoms with Gasteiger partial charge >= 0.3 is 0 Å². The lowest BCUT2D eigenvalue weighted by atomic mass is 9.86. The fourth-order valence-corrected chi connectivity index (χ4v) is 4.17. The van der Waals surface area contributed by atoms with Crippen LogP contribution in [0.2, 0.25) is 0 Å². The predicted molar refractivity (Wildman–Crippen MR) is 115 cm³/mol. The molecule has 3 rings (SSSR count). The van der Waals surface area contributed by atoms with Gasteiger partial charge in [-0.05, 0) is 47.2 Å². The normalized spacial score (nSPS) is 16.6. The fourth-order valence-electron chi connectivity index (χ4n) is 3.26. The average Bonchev–Trinajstić information content (AvgIpc) is 2.66. The maximum atomic E-state index is 13.0. The minimum atomic E-state index is -3.60. The molecule has 1 heterocycles. The maximum absolute atomic E-state index is 13.0. The molecule has 0 spiro atoms. The number of halogens is 1. The minimum absolute atomic E-state index is 0.0954. The molecule has 2 aromatic rings. The number of nitrogens with zero attached hydrogens (tertiary/aromatic N) is 1. The number of sulfonamides is 1. The van der Waals surface area contributed by atoms with E-state index in [0.29, 0.717) is 24.4 Å². The predicted octanol–water partition coefficient (Wildman–Crippen LogP) is 3.01. The molecule has 0 saturated carbocycles. The van der Waals surface area contributed by atoms with Crippen LogP contribution in [0.5, 0.6) is 5.75 Å². The Hall–Kier alpha value is -2.61. The number of carbonyl (C=O) groups excluding carboxylic acids is 1. The van der Waals surface area contributed by atoms with Crippen molar-refractivity contribution in [1.82, 2.24) is 5.32 Å². The molecule has 6 nitrogen and oxygen atoms in total. The van der Waals surface area contributed by atoms with E-state index >= 15 is 0 Å². The maximum Gasteiger partial charge on any atom is 0.263 e. The summed E-state index contributed by atoms with van der Waals surface area (Å²) in [5.41, 5.74) is 2.15. The van der Waals surface area contributed by atoms with Crippen LogP contribution < -0.4 is 14.4 Å². The smallest absolute Gasteiger partial charge is 0.263 e. The molecule has 1 aliphatic rings. The van der Waals surface area contributed by atoms with E-state index in [1.54, 1.807) is 24.3 Å². The highest BCUT2D eigenvalue weighted by atomic mass is 32.2. The van der Waals surface area contributed by atoms with Crippen LogP contribution in [0.1, 0.15) is 31.9 Å². The van der Waals surface area contributed by atoms with Crippen LogP contribution in [-0.2, 0) is 26.7 Å². The van der Waals surface area contributed by atoms with Gasteiger partial charge in [-0.25, -0.2) is 12.8 Å². The second-order valence-corrected chi connectivity index (χ2v) is 10.4. The summed E-state index contributed by atoms with van der Waals surface area (Å²) in [4.78, 5) is 12.6. The number of anilines is 1. The first-order valence-corrected chi connectivity index (χ1v) is 11.6. The van der Waals surface area contributed by atoms with Crippen LogP contribution >= 0.6 is 0 Å². The Morgan fingerprint density at radius 3 is 2.47 bits per heavy atom. The van der Waals surface area contributed by atoms with E-state index in [0.717, 1.165) is 17.4 Å². The van der Waals surface area contributed by atoms with Crippen LogP contribution in [0.15, 0.2) is 42.5 Å². The molecule has 30 heavy (non-hydrogen) atoms. The zero-order valence-electron chi connectivity index (χ0n) is 17.6. The lowest BCUT2D eigenvalue weighted by Gasteiger charge is -2.35. The number of nitrogens with one attached hydrogen (secondary N) is 1. The molecule has 2 aromatic carbocycles. The van der Waals surface area contributed by atoms with Gasteiger partial charge in [0.2, 0.25) is 10.0 Å². The Labute approximate surface area is 177 Å². The van der Waals surface area contributed by atoms with E-state index in [9.17, 15) is 17.6 Å². The quantitative estimate of drug-likeness (QED) is 0.785. The standard InChI is InChI=1S/C22H27FN2O4S/c1-22(2,3)16-7-10-19-18(13-16)25(30(4,27)28)14-20(29-19)21(26)24-12-11-15-5-8-17(23)9-6-15/h5-10,13,20H,11-12,14H2,1-4H3,(H,24,26)/t20-/m0/s1. The van der Waals surface area contributed by atoms with Gasteiger partial charge in [-0.1, -0.05) is 39.0 Å². The molecule has 1 aliphatic heterocycles. The Morgan fingerprint density at radius 2 is 1.87 bits per heavy atom. The zero-order chi connectivity index (χ0) is 22.1. The highest BCUT2D eigenvalue weighted by molar-refractivity contribution is 7.92. The van der Waals surface area contributed by atoms with Crippen molar-refractivity contribution in [3.63, 3.8) is 0 Å². The van der Waals surface area contributed by atoms with Gasteiger partial charge in [-0.3, -0.25) is 9.10 Å². The molecule has 0 aromatic heterocycles. The molecule has 0 radical (unpaired) electrons. The average molecular weight is 435 g/mol. The van der Waals surface area contributed by atoms with Crippen LogP contribution in [-0.4, -0.2) is 39.8 Å². The summed E-state index contributed by atoms with van der Waals surface area (Å²) >= 11 is 0. The van der Waals surface area contributed by atoms with Crippen molar-refractivity contribution in [2.75, 3.05) is 23.7 Å². The van der Waals surface area contributed by atoms with Crippen LogP contribution in [0.3, 0.4) is 0 Å². The summed E-state index contributed by atoms with van der Waals surface area (Å²) in [5, 5.41) is 2.77. The van der Waals surface area contributed by atoms with E-state index in [1.807, 2.05) is 26.8 Å². The van der Waals surface area contributed by atoms with E-state index in [4.69, 9.17) is 4.74 Å². The Balaban J connectivity index is 1.74. The Kier molecular flexibility index (Phi) is 6.08. The monoisotopic (exact) mass is 434 g/mol. The number of carbonyl (C=O) groups is 1. The molecule has 0 saturated heterocycles. The Bertz CT molecular complexity index is 1030. The summed E-state index contributed by atoms with van der Waals surface area (Å²) in [6.45, 7) is 6.36. The summed E-state index contributed by atoms with van der Waals surface area (Å²) in [6, 6.07) is 11.5. The summed E-state index contributed by atoms with van der Waals surface area (Å²) in [7, 11) is -3.60. The van der Waals surface area contributed by atoms with Crippen LogP contribution in [0.25, 0.3) is 0 Å². The van der Waals surface area contributed by atoms with E-state index in [2.05, 4.69) is 5.32 Å². The van der Waals surface area contributed by atoms with E-state index in [-0.39, 0.29) is 17.8 Å². The van der Waals surface area contributed by atoms with Gasteiger partial charge in [0, 0.05) is 6.54 Å². The summed E-state index contributed by atoms with van der Waals surface area (Å²) in [6.07, 6.45) is 0.691. The van der Waals surface area contributed by atoms with Crippen molar-refractivity contribution in [3.05, 3.63) is 59.4 Å². The molecular weight excluding hydrogens is 407 g/mol. The van der Waals surface area contributed by atoms with Crippen molar-refractivity contribution < 1.29 is 22.3 Å². The second-order valence-electron chi connectivity index (χ2n) is 8.50. The lowest BCUT2D eigenvalue weighted by molar-refractivity contribution is -0.127. The number of hydrogen-bond acceptors (Lipinski definition) is 4. The topological polar surface area (TPSA) is 75.7 Å². The molecule has 1 amide bonds. The zero-order valence-corrected chi connectivity index (χ0v) is 18.4. The van der Waals surface area contributed by atoms with Gasteiger partial charge in [0.25, 0.3) is 5.91 Å². The molecule has 0 bridgehead atoms. The highest BCUT2D eigenvalue weighted by Gasteiger charge is 2.35. The van der Waals surface area contributed by atoms with Crippen LogP contribution in [0.4, 0.5) is 10.1 Å². The molecule has 1 atom stereocenters. The second kappa shape index (κ2) is 8.26. The van der Waals surface area contributed by atoms with Gasteiger partial charge in [-0.15, -0.1) is 0 Å². The number of benzene rings is 2. The molecule has 0 unspecified atom stereocenters. The third kappa shape index (κ3) is 5.11. The van der Waals surface area contributed by atoms with Crippen LogP contribution in [0, 0.1) is 5.82 Å². The molecule has 8 heteroatoms. The minimum Gasteiger partial charge on any atom is -0.476 e. The molecule has 162 valence electrons. The largest absolute Gasteiger partial charge is 0.476 e. The van der Waals surface area contributed by atoms with Crippen molar-refractivity contribution >= 4 is 21.6 Å².